The molecule has 1 heterocycles. The fourth-order valence-corrected chi connectivity index (χ4v) is 1.64. The first-order valence-corrected chi connectivity index (χ1v) is 4.90. The van der Waals surface area contributed by atoms with Crippen molar-refractivity contribution >= 4 is 16.9 Å². The topological polar surface area (TPSA) is 71.6 Å². The highest BCUT2D eigenvalue weighted by Crippen LogP contribution is 2.36. The van der Waals surface area contributed by atoms with E-state index in [1.165, 1.54) is 25.3 Å². The van der Waals surface area contributed by atoms with Crippen LogP contribution in [0.5, 0.6) is 11.5 Å². The van der Waals surface area contributed by atoms with Gasteiger partial charge in [0.2, 0.25) is 0 Å². The lowest BCUT2D eigenvalue weighted by Crippen LogP contribution is -2.03. The van der Waals surface area contributed by atoms with E-state index in [-0.39, 0.29) is 22.6 Å². The number of ether oxygens (including phenoxy) is 2. The molecule has 0 atom stereocenters. The van der Waals surface area contributed by atoms with E-state index >= 15 is 0 Å². The van der Waals surface area contributed by atoms with Crippen LogP contribution >= 0.6 is 0 Å². The molecule has 0 radical (unpaired) electrons. The minimum Gasteiger partial charge on any atom is -0.493 e. The number of hydrogen-bond donors (Lipinski definition) is 2. The van der Waals surface area contributed by atoms with Crippen LogP contribution in [-0.2, 0) is 0 Å². The molecule has 0 aliphatic rings. The van der Waals surface area contributed by atoms with Gasteiger partial charge in [-0.2, -0.15) is 8.78 Å². The molecule has 0 saturated carbocycles. The normalized spacial score (nSPS) is 10.9. The number of benzene rings is 1. The van der Waals surface area contributed by atoms with Gasteiger partial charge in [0.05, 0.1) is 12.6 Å². The van der Waals surface area contributed by atoms with Crippen molar-refractivity contribution in [1.82, 2.24) is 4.98 Å². The van der Waals surface area contributed by atoms with Crippen molar-refractivity contribution in [1.29, 1.82) is 0 Å². The summed E-state index contributed by atoms with van der Waals surface area (Å²) in [5.41, 5.74) is 0.265. The maximum atomic E-state index is 12.3. The van der Waals surface area contributed by atoms with Gasteiger partial charge in [-0.05, 0) is 18.2 Å². The molecule has 0 spiro atoms. The van der Waals surface area contributed by atoms with Crippen LogP contribution < -0.4 is 9.47 Å². The molecule has 0 amide bonds. The van der Waals surface area contributed by atoms with Crippen LogP contribution in [0.15, 0.2) is 18.2 Å². The lowest BCUT2D eigenvalue weighted by atomic mass is 10.2. The molecule has 18 heavy (non-hydrogen) atoms. The smallest absolute Gasteiger partial charge is 0.387 e. The van der Waals surface area contributed by atoms with Gasteiger partial charge in [0, 0.05) is 5.39 Å². The largest absolute Gasteiger partial charge is 0.493 e. The molecule has 5 nitrogen and oxygen atoms in total. The third-order valence-corrected chi connectivity index (χ3v) is 2.38. The van der Waals surface area contributed by atoms with Crippen molar-refractivity contribution in [2.45, 2.75) is 6.61 Å². The van der Waals surface area contributed by atoms with Gasteiger partial charge in [0.25, 0.3) is 0 Å². The van der Waals surface area contributed by atoms with E-state index in [4.69, 9.17) is 9.84 Å². The Bertz CT molecular complexity index is 594. The second-order valence-corrected chi connectivity index (χ2v) is 3.42. The van der Waals surface area contributed by atoms with Crippen molar-refractivity contribution in [2.75, 3.05) is 7.11 Å². The summed E-state index contributed by atoms with van der Waals surface area (Å²) < 4.78 is 33.9. The summed E-state index contributed by atoms with van der Waals surface area (Å²) in [4.78, 5) is 13.4. The molecule has 0 fully saturated rings. The fraction of sp³-hybridized carbons (Fsp3) is 0.182. The molecular weight excluding hydrogens is 248 g/mol. The molecule has 7 heteroatoms. The van der Waals surface area contributed by atoms with Gasteiger partial charge in [-0.1, -0.05) is 0 Å². The van der Waals surface area contributed by atoms with Gasteiger partial charge in [0.1, 0.15) is 5.69 Å². The fourth-order valence-electron chi connectivity index (χ4n) is 1.64. The molecular formula is C11H9F2NO4. The first-order valence-electron chi connectivity index (χ1n) is 4.90. The lowest BCUT2D eigenvalue weighted by molar-refractivity contribution is -0.0501. The monoisotopic (exact) mass is 257 g/mol. The molecule has 1 aromatic carbocycles. The number of carbonyl (C=O) groups is 1. The van der Waals surface area contributed by atoms with Gasteiger partial charge in [-0.25, -0.2) is 4.79 Å². The van der Waals surface area contributed by atoms with E-state index in [2.05, 4.69) is 9.72 Å². The maximum Gasteiger partial charge on any atom is 0.387 e. The zero-order valence-corrected chi connectivity index (χ0v) is 9.24. The molecule has 0 saturated heterocycles. The van der Waals surface area contributed by atoms with Crippen LogP contribution in [0.1, 0.15) is 10.5 Å². The number of aromatic nitrogens is 1. The van der Waals surface area contributed by atoms with Gasteiger partial charge in [-0.15, -0.1) is 0 Å². The second-order valence-electron chi connectivity index (χ2n) is 3.42. The minimum absolute atomic E-state index is 0.110. The number of carboxylic acids is 1. The average Bonchev–Trinajstić information content (AvgIpc) is 2.73. The van der Waals surface area contributed by atoms with Gasteiger partial charge < -0.3 is 19.6 Å². The number of aromatic amines is 1. The second kappa shape index (κ2) is 4.52. The first kappa shape index (κ1) is 12.2. The molecule has 2 aromatic rings. The highest BCUT2D eigenvalue weighted by molar-refractivity contribution is 5.97. The number of halogens is 2. The summed E-state index contributed by atoms with van der Waals surface area (Å²) in [6.07, 6.45) is 0. The number of rotatable bonds is 4. The van der Waals surface area contributed by atoms with Gasteiger partial charge in [-0.3, -0.25) is 0 Å². The number of alkyl halides is 2. The van der Waals surface area contributed by atoms with Crippen molar-refractivity contribution in [2.24, 2.45) is 0 Å². The van der Waals surface area contributed by atoms with E-state index in [0.29, 0.717) is 5.52 Å². The Kier molecular flexibility index (Phi) is 3.05. The van der Waals surface area contributed by atoms with Crippen LogP contribution in [0, 0.1) is 0 Å². The van der Waals surface area contributed by atoms with Crippen LogP contribution in [0.3, 0.4) is 0 Å². The number of carboxylic acid groups (broad SMARTS) is 1. The minimum atomic E-state index is -3.02. The molecule has 2 rings (SSSR count). The Morgan fingerprint density at radius 1 is 1.44 bits per heavy atom. The van der Waals surface area contributed by atoms with Crippen LogP contribution in [0.4, 0.5) is 8.78 Å². The van der Waals surface area contributed by atoms with Gasteiger partial charge in [0.15, 0.2) is 11.5 Å². The molecule has 0 aliphatic carbocycles. The van der Waals surface area contributed by atoms with Crippen molar-refractivity contribution in [3.8, 4) is 11.5 Å². The Morgan fingerprint density at radius 3 is 2.72 bits per heavy atom. The molecule has 96 valence electrons. The van der Waals surface area contributed by atoms with Gasteiger partial charge >= 0.3 is 12.6 Å². The molecule has 1 aromatic heterocycles. The summed E-state index contributed by atoms with van der Waals surface area (Å²) in [7, 11) is 1.31. The van der Waals surface area contributed by atoms with Crippen LogP contribution in [0.25, 0.3) is 10.9 Å². The number of methoxy groups -OCH3 is 1. The standard InChI is InChI=1S/C11H9F2NO4/c1-17-8-3-2-6-5(9(8)18-11(12)13)4-7(14-6)10(15)16/h2-4,11,14H,1H3,(H,15,16). The number of H-pyrrole nitrogens is 1. The summed E-state index contributed by atoms with van der Waals surface area (Å²) >= 11 is 0. The van der Waals surface area contributed by atoms with E-state index in [1.807, 2.05) is 0 Å². The first-order chi connectivity index (χ1) is 8.52. The van der Waals surface area contributed by atoms with E-state index in [0.717, 1.165) is 0 Å². The molecule has 0 aliphatic heterocycles. The summed E-state index contributed by atoms with van der Waals surface area (Å²) in [6, 6.07) is 4.17. The predicted molar refractivity (Wildman–Crippen MR) is 58.4 cm³/mol. The van der Waals surface area contributed by atoms with E-state index in [1.54, 1.807) is 0 Å². The number of fused-ring (bicyclic) bond motifs is 1. The van der Waals surface area contributed by atoms with Crippen LogP contribution in [-0.4, -0.2) is 29.8 Å². The summed E-state index contributed by atoms with van der Waals surface area (Å²) in [5, 5.41) is 9.06. The lowest BCUT2D eigenvalue weighted by Gasteiger charge is -2.10. The third-order valence-electron chi connectivity index (χ3n) is 2.38. The maximum absolute atomic E-state index is 12.3. The average molecular weight is 257 g/mol. The zero-order chi connectivity index (χ0) is 13.3. The van der Waals surface area contributed by atoms with E-state index < -0.39 is 12.6 Å². The van der Waals surface area contributed by atoms with Crippen LogP contribution in [0.2, 0.25) is 0 Å². The Morgan fingerprint density at radius 2 is 2.17 bits per heavy atom. The molecule has 0 unspecified atom stereocenters. The quantitative estimate of drug-likeness (QED) is 0.882. The van der Waals surface area contributed by atoms with Crippen molar-refractivity contribution in [3.05, 3.63) is 23.9 Å². The highest BCUT2D eigenvalue weighted by Gasteiger charge is 2.18. The Labute approximate surface area is 99.9 Å². The number of nitrogens with one attached hydrogen (secondary N) is 1. The zero-order valence-electron chi connectivity index (χ0n) is 9.24. The molecule has 0 bridgehead atoms. The Balaban J connectivity index is 2.64. The number of aromatic carboxylic acids is 1. The van der Waals surface area contributed by atoms with E-state index in [9.17, 15) is 13.6 Å². The summed E-state index contributed by atoms with van der Waals surface area (Å²) in [5.74, 6) is -1.26. The SMILES string of the molecule is COc1ccc2[nH]c(C(=O)O)cc2c1OC(F)F. The Hall–Kier alpha value is -2.31. The number of hydrogen-bond acceptors (Lipinski definition) is 3. The van der Waals surface area contributed by atoms with Crippen molar-refractivity contribution in [3.63, 3.8) is 0 Å². The third kappa shape index (κ3) is 2.06. The summed E-state index contributed by atoms with van der Waals surface area (Å²) in [6.45, 7) is -3.02. The van der Waals surface area contributed by atoms with Crippen molar-refractivity contribution < 1.29 is 28.2 Å². The highest BCUT2D eigenvalue weighted by atomic mass is 19.3. The predicted octanol–water partition coefficient (Wildman–Crippen LogP) is 2.48. The molecule has 2 N–H and O–H groups in total.